The van der Waals surface area contributed by atoms with Crippen molar-refractivity contribution in [1.29, 1.82) is 0 Å². The van der Waals surface area contributed by atoms with E-state index in [2.05, 4.69) is 22.4 Å². The van der Waals surface area contributed by atoms with Gasteiger partial charge in [-0.2, -0.15) is 0 Å². The maximum atomic E-state index is 10.8. The number of aryl methyl sites for hydroxylation is 1. The predicted octanol–water partition coefficient (Wildman–Crippen LogP) is 3.08. The summed E-state index contributed by atoms with van der Waals surface area (Å²) < 4.78 is 1.78. The van der Waals surface area contributed by atoms with E-state index in [1.54, 1.807) is 4.68 Å². The van der Waals surface area contributed by atoms with Crippen LogP contribution in [0.5, 0.6) is 0 Å². The number of unbranched alkanes of at least 4 members (excludes halogenated alkanes) is 5. The molecule has 0 aromatic carbocycles. The summed E-state index contributed by atoms with van der Waals surface area (Å²) in [7, 11) is 0. The first-order chi connectivity index (χ1) is 10.2. The lowest BCUT2D eigenvalue weighted by molar-refractivity contribution is -0.138. The van der Waals surface area contributed by atoms with Gasteiger partial charge in [0.1, 0.15) is 0 Å². The summed E-state index contributed by atoms with van der Waals surface area (Å²) in [4.78, 5) is 10.8. The van der Waals surface area contributed by atoms with Gasteiger partial charge < -0.3 is 5.11 Å². The first kappa shape index (κ1) is 17.6. The lowest BCUT2D eigenvalue weighted by Gasteiger charge is -2.13. The van der Waals surface area contributed by atoms with Gasteiger partial charge in [0.2, 0.25) is 0 Å². The van der Waals surface area contributed by atoms with E-state index in [1.807, 2.05) is 6.92 Å². The molecular formula is C15H28N4O2. The molecular weight excluding hydrogens is 268 g/mol. The summed E-state index contributed by atoms with van der Waals surface area (Å²) in [6.07, 6.45) is 9.33. The highest BCUT2D eigenvalue weighted by Crippen LogP contribution is 2.13. The number of aliphatic carboxylic acids is 1. The van der Waals surface area contributed by atoms with Crippen LogP contribution < -0.4 is 0 Å². The van der Waals surface area contributed by atoms with Crippen LogP contribution in [0.3, 0.4) is 0 Å². The molecule has 0 fully saturated rings. The van der Waals surface area contributed by atoms with Gasteiger partial charge in [-0.1, -0.05) is 52.4 Å². The van der Waals surface area contributed by atoms with Crippen LogP contribution in [0, 0.1) is 5.92 Å². The Kier molecular flexibility index (Phi) is 8.62. The highest BCUT2D eigenvalue weighted by molar-refractivity contribution is 5.66. The molecule has 6 heteroatoms. The van der Waals surface area contributed by atoms with Crippen LogP contribution in [-0.4, -0.2) is 31.3 Å². The Morgan fingerprint density at radius 1 is 1.19 bits per heavy atom. The van der Waals surface area contributed by atoms with E-state index in [0.29, 0.717) is 6.54 Å². The summed E-state index contributed by atoms with van der Waals surface area (Å²) >= 11 is 0. The van der Waals surface area contributed by atoms with Crippen molar-refractivity contribution in [3.05, 3.63) is 5.82 Å². The third kappa shape index (κ3) is 7.20. The summed E-state index contributed by atoms with van der Waals surface area (Å²) in [5, 5.41) is 20.7. The van der Waals surface area contributed by atoms with Crippen molar-refractivity contribution in [2.75, 3.05) is 0 Å². The van der Waals surface area contributed by atoms with Crippen LogP contribution in [0.15, 0.2) is 0 Å². The van der Waals surface area contributed by atoms with Gasteiger partial charge in [0.05, 0.1) is 0 Å². The van der Waals surface area contributed by atoms with Crippen molar-refractivity contribution in [2.24, 2.45) is 5.92 Å². The second-order valence-corrected chi connectivity index (χ2v) is 5.67. The average Bonchev–Trinajstić information content (AvgIpc) is 2.88. The number of hydrogen-bond acceptors (Lipinski definition) is 4. The van der Waals surface area contributed by atoms with Crippen LogP contribution in [0.1, 0.15) is 71.0 Å². The van der Waals surface area contributed by atoms with Gasteiger partial charge in [-0.25, -0.2) is 4.68 Å². The normalized spacial score (nSPS) is 12.5. The lowest BCUT2D eigenvalue weighted by atomic mass is 10.0. The molecule has 1 aromatic heterocycles. The van der Waals surface area contributed by atoms with E-state index < -0.39 is 5.97 Å². The van der Waals surface area contributed by atoms with E-state index in [4.69, 9.17) is 5.11 Å². The zero-order chi connectivity index (χ0) is 15.5. The number of aromatic nitrogens is 4. The first-order valence-corrected chi connectivity index (χ1v) is 8.14. The van der Waals surface area contributed by atoms with Gasteiger partial charge >= 0.3 is 5.97 Å². The van der Waals surface area contributed by atoms with Crippen LogP contribution in [0.4, 0.5) is 0 Å². The third-order valence-corrected chi connectivity index (χ3v) is 3.83. The first-order valence-electron chi connectivity index (χ1n) is 8.14. The fourth-order valence-corrected chi connectivity index (χ4v) is 2.44. The van der Waals surface area contributed by atoms with Crippen LogP contribution in [0.2, 0.25) is 0 Å². The molecule has 1 atom stereocenters. The predicted molar refractivity (Wildman–Crippen MR) is 80.9 cm³/mol. The van der Waals surface area contributed by atoms with E-state index in [1.165, 1.54) is 32.1 Å². The quantitative estimate of drug-likeness (QED) is 0.599. The molecule has 120 valence electrons. The van der Waals surface area contributed by atoms with Crippen molar-refractivity contribution in [3.63, 3.8) is 0 Å². The maximum Gasteiger partial charge on any atom is 0.303 e. The molecule has 0 saturated carbocycles. The Bertz CT molecular complexity index is 406. The van der Waals surface area contributed by atoms with E-state index in [9.17, 15) is 4.79 Å². The van der Waals surface area contributed by atoms with Crippen molar-refractivity contribution >= 4 is 5.97 Å². The molecule has 6 nitrogen and oxygen atoms in total. The summed E-state index contributed by atoms with van der Waals surface area (Å²) in [5.74, 6) is 0.219. The molecule has 1 heterocycles. The van der Waals surface area contributed by atoms with Crippen LogP contribution in [-0.2, 0) is 17.8 Å². The van der Waals surface area contributed by atoms with Gasteiger partial charge in [-0.15, -0.1) is 5.10 Å². The minimum Gasteiger partial charge on any atom is -0.481 e. The fraction of sp³-hybridized carbons (Fsp3) is 0.867. The standard InChI is InChI=1S/C15H28N4O2/c1-3-5-6-7-8-9-10-14-16-17-18-19(14)12-13(4-2)11-15(20)21/h13H,3-12H2,1-2H3,(H,20,21). The smallest absolute Gasteiger partial charge is 0.303 e. The average molecular weight is 296 g/mol. The topological polar surface area (TPSA) is 80.9 Å². The molecule has 0 aliphatic carbocycles. The molecule has 0 spiro atoms. The van der Waals surface area contributed by atoms with Gasteiger partial charge in [0, 0.05) is 19.4 Å². The number of nitrogens with zero attached hydrogens (tertiary/aromatic N) is 4. The van der Waals surface area contributed by atoms with Gasteiger partial charge in [0.15, 0.2) is 5.82 Å². The SMILES string of the molecule is CCCCCCCCc1nnnn1CC(CC)CC(=O)O. The Hall–Kier alpha value is -1.46. The van der Waals surface area contributed by atoms with Gasteiger partial charge in [-0.3, -0.25) is 4.79 Å². The van der Waals surface area contributed by atoms with E-state index in [-0.39, 0.29) is 12.3 Å². The molecule has 0 saturated heterocycles. The van der Waals surface area contributed by atoms with Crippen LogP contribution in [0.25, 0.3) is 0 Å². The highest BCUT2D eigenvalue weighted by Gasteiger charge is 2.15. The van der Waals surface area contributed by atoms with Crippen molar-refractivity contribution in [3.8, 4) is 0 Å². The summed E-state index contributed by atoms with van der Waals surface area (Å²) in [6.45, 7) is 4.82. The molecule has 0 amide bonds. The number of carboxylic acids is 1. The number of carbonyl (C=O) groups is 1. The van der Waals surface area contributed by atoms with Crippen molar-refractivity contribution < 1.29 is 9.90 Å². The number of tetrazole rings is 1. The zero-order valence-electron chi connectivity index (χ0n) is 13.3. The van der Waals surface area contributed by atoms with Crippen molar-refractivity contribution in [1.82, 2.24) is 20.2 Å². The molecule has 0 aliphatic rings. The molecule has 1 rings (SSSR count). The van der Waals surface area contributed by atoms with Crippen molar-refractivity contribution in [2.45, 2.75) is 78.2 Å². The summed E-state index contributed by atoms with van der Waals surface area (Å²) in [5.41, 5.74) is 0. The van der Waals surface area contributed by atoms with Gasteiger partial charge in [-0.05, 0) is 22.8 Å². The van der Waals surface area contributed by atoms with Gasteiger partial charge in [0.25, 0.3) is 0 Å². The molecule has 0 aliphatic heterocycles. The molecule has 0 radical (unpaired) electrons. The zero-order valence-corrected chi connectivity index (χ0v) is 13.3. The number of carboxylic acid groups (broad SMARTS) is 1. The lowest BCUT2D eigenvalue weighted by Crippen LogP contribution is -2.17. The minimum atomic E-state index is -0.757. The molecule has 0 bridgehead atoms. The molecule has 1 aromatic rings. The Labute approximate surface area is 126 Å². The minimum absolute atomic E-state index is 0.0919. The number of hydrogen-bond donors (Lipinski definition) is 1. The largest absolute Gasteiger partial charge is 0.481 e. The second-order valence-electron chi connectivity index (χ2n) is 5.67. The molecule has 21 heavy (non-hydrogen) atoms. The van der Waals surface area contributed by atoms with E-state index in [0.717, 1.165) is 25.1 Å². The second kappa shape index (κ2) is 10.3. The Morgan fingerprint density at radius 3 is 2.57 bits per heavy atom. The molecule has 1 N–H and O–H groups in total. The number of rotatable bonds is 12. The van der Waals surface area contributed by atoms with Crippen LogP contribution >= 0.6 is 0 Å². The monoisotopic (exact) mass is 296 g/mol. The highest BCUT2D eigenvalue weighted by atomic mass is 16.4. The maximum absolute atomic E-state index is 10.8. The third-order valence-electron chi connectivity index (χ3n) is 3.83. The fourth-order valence-electron chi connectivity index (χ4n) is 2.44. The Balaban J connectivity index is 2.36. The molecule has 1 unspecified atom stereocenters. The Morgan fingerprint density at radius 2 is 1.90 bits per heavy atom. The summed E-state index contributed by atoms with van der Waals surface area (Å²) in [6, 6.07) is 0. The van der Waals surface area contributed by atoms with E-state index >= 15 is 0 Å².